The molecule has 0 spiro atoms. The van der Waals surface area contributed by atoms with E-state index in [0.29, 0.717) is 6.04 Å². The zero-order valence-corrected chi connectivity index (χ0v) is 12.0. The average Bonchev–Trinajstić information content (AvgIpc) is 2.84. The summed E-state index contributed by atoms with van der Waals surface area (Å²) >= 11 is 0. The third-order valence-electron chi connectivity index (χ3n) is 3.74. The first-order valence-corrected chi connectivity index (χ1v) is 6.15. The van der Waals surface area contributed by atoms with Gasteiger partial charge in [-0.2, -0.15) is 0 Å². The van der Waals surface area contributed by atoms with Gasteiger partial charge >= 0.3 is 0 Å². The Labute approximate surface area is 115 Å². The molecule has 1 heterocycles. The normalized spacial score (nSPS) is 18.3. The van der Waals surface area contributed by atoms with Crippen LogP contribution >= 0.6 is 12.4 Å². The lowest BCUT2D eigenvalue weighted by molar-refractivity contribution is 0.0743. The molecule has 1 unspecified atom stereocenters. The molecule has 4 heteroatoms. The number of likely N-dealkylation sites (N-methyl/N-ethyl adjacent to an activating group) is 1. The van der Waals surface area contributed by atoms with Gasteiger partial charge in [0, 0.05) is 25.2 Å². The van der Waals surface area contributed by atoms with Crippen LogP contribution in [0, 0.1) is 13.8 Å². The highest BCUT2D eigenvalue weighted by molar-refractivity contribution is 5.96. The van der Waals surface area contributed by atoms with Gasteiger partial charge in [0.15, 0.2) is 0 Å². The number of aryl methyl sites for hydroxylation is 1. The molecule has 3 nitrogen and oxygen atoms in total. The summed E-state index contributed by atoms with van der Waals surface area (Å²) < 4.78 is 0. The second kappa shape index (κ2) is 6.21. The second-order valence-electron chi connectivity index (χ2n) is 4.81. The van der Waals surface area contributed by atoms with Crippen molar-refractivity contribution in [1.29, 1.82) is 0 Å². The van der Waals surface area contributed by atoms with Gasteiger partial charge in [0.1, 0.15) is 0 Å². The molecule has 1 atom stereocenters. The Bertz CT molecular complexity index is 428. The fourth-order valence-electron chi connectivity index (χ4n) is 2.31. The number of carbonyl (C=O) groups is 1. The highest BCUT2D eigenvalue weighted by Gasteiger charge is 2.24. The third kappa shape index (κ3) is 2.85. The number of benzene rings is 1. The maximum absolute atomic E-state index is 12.4. The molecule has 1 aliphatic rings. The van der Waals surface area contributed by atoms with Crippen LogP contribution in [0.1, 0.15) is 27.9 Å². The Morgan fingerprint density at radius 3 is 2.72 bits per heavy atom. The van der Waals surface area contributed by atoms with E-state index in [4.69, 9.17) is 0 Å². The Hall–Kier alpha value is -1.06. The first-order chi connectivity index (χ1) is 8.11. The van der Waals surface area contributed by atoms with Crippen molar-refractivity contribution < 1.29 is 4.79 Å². The summed E-state index contributed by atoms with van der Waals surface area (Å²) in [4.78, 5) is 14.3. The largest absolute Gasteiger partial charge is 0.337 e. The molecule has 1 saturated heterocycles. The van der Waals surface area contributed by atoms with Crippen molar-refractivity contribution in [3.63, 3.8) is 0 Å². The van der Waals surface area contributed by atoms with E-state index in [-0.39, 0.29) is 18.3 Å². The molecule has 1 N–H and O–H groups in total. The summed E-state index contributed by atoms with van der Waals surface area (Å²) in [6.07, 6.45) is 1.05. The van der Waals surface area contributed by atoms with Crippen LogP contribution in [0.3, 0.4) is 0 Å². The zero-order chi connectivity index (χ0) is 12.4. The molecule has 0 radical (unpaired) electrons. The molecule has 0 bridgehead atoms. The van der Waals surface area contributed by atoms with Crippen LogP contribution in [0.15, 0.2) is 18.2 Å². The predicted octanol–water partition coefficient (Wildman–Crippen LogP) is 2.16. The van der Waals surface area contributed by atoms with Crippen LogP contribution in [-0.2, 0) is 0 Å². The Morgan fingerprint density at radius 1 is 1.39 bits per heavy atom. The topological polar surface area (TPSA) is 32.3 Å². The summed E-state index contributed by atoms with van der Waals surface area (Å²) in [6.45, 7) is 5.98. The van der Waals surface area contributed by atoms with Crippen LogP contribution in [-0.4, -0.2) is 37.0 Å². The van der Waals surface area contributed by atoms with Crippen molar-refractivity contribution in [2.24, 2.45) is 0 Å². The molecule has 100 valence electrons. The lowest BCUT2D eigenvalue weighted by Crippen LogP contribution is -2.38. The van der Waals surface area contributed by atoms with Crippen LogP contribution in [0.4, 0.5) is 0 Å². The third-order valence-corrected chi connectivity index (χ3v) is 3.74. The van der Waals surface area contributed by atoms with E-state index in [2.05, 4.69) is 5.32 Å². The van der Waals surface area contributed by atoms with Gasteiger partial charge in [-0.15, -0.1) is 12.4 Å². The molecule has 2 rings (SSSR count). The molecular weight excluding hydrogens is 248 g/mol. The SMILES string of the molecule is Cc1cccc(C(=O)N(C)C2CCNC2)c1C.Cl. The average molecular weight is 269 g/mol. The number of halogens is 1. The fourth-order valence-corrected chi connectivity index (χ4v) is 2.31. The monoisotopic (exact) mass is 268 g/mol. The van der Waals surface area contributed by atoms with E-state index in [1.807, 2.05) is 44.0 Å². The van der Waals surface area contributed by atoms with Gasteiger partial charge in [-0.1, -0.05) is 12.1 Å². The van der Waals surface area contributed by atoms with Crippen molar-refractivity contribution >= 4 is 18.3 Å². The molecule has 0 aliphatic carbocycles. The smallest absolute Gasteiger partial charge is 0.254 e. The first-order valence-electron chi connectivity index (χ1n) is 6.15. The van der Waals surface area contributed by atoms with Crippen LogP contribution in [0.25, 0.3) is 0 Å². The minimum atomic E-state index is 0. The standard InChI is InChI=1S/C14H20N2O.ClH/c1-10-5-4-6-13(11(10)2)14(17)16(3)12-7-8-15-9-12;/h4-6,12,15H,7-9H2,1-3H3;1H. The van der Waals surface area contributed by atoms with Crippen molar-refractivity contribution in [3.8, 4) is 0 Å². The lowest BCUT2D eigenvalue weighted by Gasteiger charge is -2.24. The summed E-state index contributed by atoms with van der Waals surface area (Å²) in [6, 6.07) is 6.26. The molecule has 1 aromatic carbocycles. The predicted molar refractivity (Wildman–Crippen MR) is 76.5 cm³/mol. The number of hydrogen-bond acceptors (Lipinski definition) is 2. The molecule has 0 saturated carbocycles. The maximum Gasteiger partial charge on any atom is 0.254 e. The molecule has 1 amide bonds. The number of rotatable bonds is 2. The Morgan fingerprint density at radius 2 is 2.11 bits per heavy atom. The van der Waals surface area contributed by atoms with Gasteiger partial charge in [0.25, 0.3) is 5.91 Å². The number of nitrogens with one attached hydrogen (secondary N) is 1. The van der Waals surface area contributed by atoms with Crippen molar-refractivity contribution in [3.05, 3.63) is 34.9 Å². The maximum atomic E-state index is 12.4. The van der Waals surface area contributed by atoms with Crippen LogP contribution in [0.2, 0.25) is 0 Å². The van der Waals surface area contributed by atoms with E-state index >= 15 is 0 Å². The molecule has 1 aromatic rings. The summed E-state index contributed by atoms with van der Waals surface area (Å²) in [5, 5.41) is 3.29. The van der Waals surface area contributed by atoms with E-state index < -0.39 is 0 Å². The summed E-state index contributed by atoms with van der Waals surface area (Å²) in [5.74, 6) is 0.139. The second-order valence-corrected chi connectivity index (χ2v) is 4.81. The van der Waals surface area contributed by atoms with E-state index in [0.717, 1.165) is 30.6 Å². The summed E-state index contributed by atoms with van der Waals surface area (Å²) in [5.41, 5.74) is 3.10. The minimum Gasteiger partial charge on any atom is -0.337 e. The molecule has 1 fully saturated rings. The van der Waals surface area contributed by atoms with E-state index in [9.17, 15) is 4.79 Å². The van der Waals surface area contributed by atoms with Crippen molar-refractivity contribution in [1.82, 2.24) is 10.2 Å². The van der Waals surface area contributed by atoms with Gasteiger partial charge in [0.2, 0.25) is 0 Å². The minimum absolute atomic E-state index is 0. The molecule has 18 heavy (non-hydrogen) atoms. The highest BCUT2D eigenvalue weighted by atomic mass is 35.5. The van der Waals surface area contributed by atoms with E-state index in [1.54, 1.807) is 0 Å². The van der Waals surface area contributed by atoms with Crippen molar-refractivity contribution in [2.75, 3.05) is 20.1 Å². The van der Waals surface area contributed by atoms with Crippen molar-refractivity contribution in [2.45, 2.75) is 26.3 Å². The number of hydrogen-bond donors (Lipinski definition) is 1. The molecular formula is C14H21ClN2O. The van der Waals surface area contributed by atoms with Crippen LogP contribution < -0.4 is 5.32 Å². The lowest BCUT2D eigenvalue weighted by atomic mass is 10.0. The van der Waals surface area contributed by atoms with Gasteiger partial charge in [-0.25, -0.2) is 0 Å². The number of nitrogens with zero attached hydrogens (tertiary/aromatic N) is 1. The van der Waals surface area contributed by atoms with Crippen LogP contribution in [0.5, 0.6) is 0 Å². The number of amides is 1. The summed E-state index contributed by atoms with van der Waals surface area (Å²) in [7, 11) is 1.90. The Kier molecular flexibility index (Phi) is 5.17. The van der Waals surface area contributed by atoms with Gasteiger partial charge in [0.05, 0.1) is 0 Å². The zero-order valence-electron chi connectivity index (χ0n) is 11.2. The molecule has 0 aromatic heterocycles. The van der Waals surface area contributed by atoms with Gasteiger partial charge in [-0.05, 0) is 44.0 Å². The quantitative estimate of drug-likeness (QED) is 0.892. The van der Waals surface area contributed by atoms with Gasteiger partial charge in [-0.3, -0.25) is 4.79 Å². The van der Waals surface area contributed by atoms with Gasteiger partial charge < -0.3 is 10.2 Å². The highest BCUT2D eigenvalue weighted by Crippen LogP contribution is 2.17. The number of carbonyl (C=O) groups excluding carboxylic acids is 1. The first kappa shape index (κ1) is 15.0. The molecule has 1 aliphatic heterocycles. The fraction of sp³-hybridized carbons (Fsp3) is 0.500. The Balaban J connectivity index is 0.00000162. The van der Waals surface area contributed by atoms with E-state index in [1.165, 1.54) is 5.56 Å².